The number of nitrogens with zero attached hydrogens (tertiary/aromatic N) is 1. The van der Waals surface area contributed by atoms with Crippen LogP contribution in [-0.2, 0) is 15.7 Å². The zero-order valence-corrected chi connectivity index (χ0v) is 10.0. The first-order valence-electron chi connectivity index (χ1n) is 5.12. The van der Waals surface area contributed by atoms with Gasteiger partial charge in [0.2, 0.25) is 0 Å². The van der Waals surface area contributed by atoms with Crippen molar-refractivity contribution in [2.45, 2.75) is 19.0 Å². The van der Waals surface area contributed by atoms with Gasteiger partial charge in [-0.2, -0.15) is 13.2 Å². The van der Waals surface area contributed by atoms with Gasteiger partial charge in [-0.3, -0.25) is 14.9 Å². The maximum absolute atomic E-state index is 12.9. The maximum Gasteiger partial charge on any atom is 0.423 e. The molecule has 1 atom stereocenters. The first kappa shape index (κ1) is 14.9. The summed E-state index contributed by atoms with van der Waals surface area (Å²) in [6.45, 7) is 1.19. The average Bonchev–Trinajstić information content (AvgIpc) is 2.34. The number of rotatable bonds is 3. The fourth-order valence-electron chi connectivity index (χ4n) is 1.68. The highest BCUT2D eigenvalue weighted by molar-refractivity contribution is 5.78. The van der Waals surface area contributed by atoms with E-state index in [2.05, 4.69) is 4.74 Å². The van der Waals surface area contributed by atoms with Crippen molar-refractivity contribution < 1.29 is 27.6 Å². The van der Waals surface area contributed by atoms with Crippen LogP contribution >= 0.6 is 0 Å². The molecule has 1 unspecified atom stereocenters. The van der Waals surface area contributed by atoms with E-state index < -0.39 is 39.8 Å². The molecule has 1 aromatic rings. The van der Waals surface area contributed by atoms with E-state index >= 15 is 0 Å². The number of esters is 1. The molecule has 0 heterocycles. The molecular formula is C11H10F3NO4. The number of hydrogen-bond donors (Lipinski definition) is 0. The summed E-state index contributed by atoms with van der Waals surface area (Å²) in [5.74, 6) is -2.15. The van der Waals surface area contributed by atoms with Crippen molar-refractivity contribution >= 4 is 11.7 Å². The Bertz CT molecular complexity index is 513. The highest BCUT2D eigenvalue weighted by atomic mass is 19.4. The molecule has 0 spiro atoms. The van der Waals surface area contributed by atoms with Crippen LogP contribution in [0, 0.1) is 10.1 Å². The van der Waals surface area contributed by atoms with E-state index in [9.17, 15) is 28.1 Å². The molecule has 1 rings (SSSR count). The van der Waals surface area contributed by atoms with Crippen LogP contribution < -0.4 is 0 Å². The van der Waals surface area contributed by atoms with Gasteiger partial charge in [-0.15, -0.1) is 0 Å². The third-order valence-corrected chi connectivity index (χ3v) is 2.58. The second kappa shape index (κ2) is 5.25. The monoisotopic (exact) mass is 277 g/mol. The minimum absolute atomic E-state index is 0.478. The molecule has 19 heavy (non-hydrogen) atoms. The Labute approximate surface area is 106 Å². The predicted molar refractivity (Wildman–Crippen MR) is 58.5 cm³/mol. The van der Waals surface area contributed by atoms with Crippen molar-refractivity contribution in [2.24, 2.45) is 0 Å². The fourth-order valence-corrected chi connectivity index (χ4v) is 1.68. The van der Waals surface area contributed by atoms with E-state index in [1.807, 2.05) is 0 Å². The van der Waals surface area contributed by atoms with E-state index in [0.717, 1.165) is 25.3 Å². The third-order valence-electron chi connectivity index (χ3n) is 2.58. The molecule has 104 valence electrons. The molecular weight excluding hydrogens is 267 g/mol. The van der Waals surface area contributed by atoms with Crippen molar-refractivity contribution in [3.05, 3.63) is 39.4 Å². The van der Waals surface area contributed by atoms with Crippen LogP contribution in [0.25, 0.3) is 0 Å². The molecule has 8 heteroatoms. The Kier molecular flexibility index (Phi) is 4.13. The Balaban J connectivity index is 3.52. The summed E-state index contributed by atoms with van der Waals surface area (Å²) in [5.41, 5.74) is -2.98. The van der Waals surface area contributed by atoms with Gasteiger partial charge in [0.25, 0.3) is 5.69 Å². The van der Waals surface area contributed by atoms with Gasteiger partial charge in [0.15, 0.2) is 0 Å². The van der Waals surface area contributed by atoms with Crippen molar-refractivity contribution in [1.82, 2.24) is 0 Å². The van der Waals surface area contributed by atoms with Gasteiger partial charge in [-0.05, 0) is 12.5 Å². The molecule has 0 aliphatic rings. The number of nitro groups is 1. The average molecular weight is 277 g/mol. The molecule has 0 aliphatic carbocycles. The smallest absolute Gasteiger partial charge is 0.423 e. The summed E-state index contributed by atoms with van der Waals surface area (Å²) < 4.78 is 43.2. The number of hydrogen-bond acceptors (Lipinski definition) is 4. The number of carbonyl (C=O) groups is 1. The quantitative estimate of drug-likeness (QED) is 0.484. The summed E-state index contributed by atoms with van der Waals surface area (Å²) in [5, 5.41) is 10.7. The standard InChI is InChI=1S/C11H10F3NO4/c1-6(10(16)19-2)7-4-3-5-8(15(17)18)9(7)11(12,13)14/h3-6H,1-2H3. The van der Waals surface area contributed by atoms with Gasteiger partial charge >= 0.3 is 12.1 Å². The summed E-state index contributed by atoms with van der Waals surface area (Å²) in [6, 6.07) is 2.87. The summed E-state index contributed by atoms with van der Waals surface area (Å²) in [6.07, 6.45) is -4.93. The predicted octanol–water partition coefficient (Wildman–Crippen LogP) is 2.89. The molecule has 0 fully saturated rings. The Morgan fingerprint density at radius 1 is 1.42 bits per heavy atom. The number of benzene rings is 1. The lowest BCUT2D eigenvalue weighted by Gasteiger charge is -2.16. The summed E-state index contributed by atoms with van der Waals surface area (Å²) in [7, 11) is 1.03. The van der Waals surface area contributed by atoms with Gasteiger partial charge in [0, 0.05) is 6.07 Å². The summed E-state index contributed by atoms with van der Waals surface area (Å²) >= 11 is 0. The highest BCUT2D eigenvalue weighted by Crippen LogP contribution is 2.41. The SMILES string of the molecule is COC(=O)C(C)c1cccc([N+](=O)[O-])c1C(F)(F)F. The van der Waals surface area contributed by atoms with E-state index in [-0.39, 0.29) is 0 Å². The first-order chi connectivity index (χ1) is 8.70. The van der Waals surface area contributed by atoms with Crippen LogP contribution in [0.1, 0.15) is 24.0 Å². The number of ether oxygens (including phenoxy) is 1. The molecule has 1 aromatic carbocycles. The van der Waals surface area contributed by atoms with Crippen LogP contribution in [-0.4, -0.2) is 18.0 Å². The molecule has 0 amide bonds. The lowest BCUT2D eigenvalue weighted by atomic mass is 9.94. The summed E-state index contributed by atoms with van der Waals surface area (Å²) in [4.78, 5) is 20.9. The number of methoxy groups -OCH3 is 1. The molecule has 0 bridgehead atoms. The zero-order valence-electron chi connectivity index (χ0n) is 10.0. The highest BCUT2D eigenvalue weighted by Gasteiger charge is 2.42. The number of carbonyl (C=O) groups excluding carboxylic acids is 1. The van der Waals surface area contributed by atoms with Crippen LogP contribution in [0.5, 0.6) is 0 Å². The second-order valence-electron chi connectivity index (χ2n) is 3.74. The number of nitro benzene ring substituents is 1. The van der Waals surface area contributed by atoms with Crippen molar-refractivity contribution in [2.75, 3.05) is 7.11 Å². The van der Waals surface area contributed by atoms with E-state index in [1.54, 1.807) is 0 Å². The van der Waals surface area contributed by atoms with Crippen LogP contribution in [0.15, 0.2) is 18.2 Å². The Morgan fingerprint density at radius 2 is 2.00 bits per heavy atom. The largest absolute Gasteiger partial charge is 0.469 e. The van der Waals surface area contributed by atoms with E-state index in [1.165, 1.54) is 6.92 Å². The van der Waals surface area contributed by atoms with Gasteiger partial charge in [-0.25, -0.2) is 0 Å². The van der Waals surface area contributed by atoms with Crippen molar-refractivity contribution in [3.63, 3.8) is 0 Å². The van der Waals surface area contributed by atoms with Crippen LogP contribution in [0.4, 0.5) is 18.9 Å². The van der Waals surface area contributed by atoms with Crippen LogP contribution in [0.2, 0.25) is 0 Å². The number of halogens is 3. The molecule has 0 aromatic heterocycles. The molecule has 0 saturated carbocycles. The minimum atomic E-state index is -4.93. The maximum atomic E-state index is 12.9. The van der Waals surface area contributed by atoms with E-state index in [4.69, 9.17) is 0 Å². The topological polar surface area (TPSA) is 69.4 Å². The first-order valence-corrected chi connectivity index (χ1v) is 5.12. The fraction of sp³-hybridized carbons (Fsp3) is 0.364. The number of alkyl halides is 3. The molecule has 5 nitrogen and oxygen atoms in total. The van der Waals surface area contributed by atoms with Gasteiger partial charge in [0.05, 0.1) is 18.0 Å². The molecule has 0 radical (unpaired) electrons. The third kappa shape index (κ3) is 3.01. The molecule has 0 N–H and O–H groups in total. The zero-order chi connectivity index (χ0) is 14.8. The van der Waals surface area contributed by atoms with Crippen LogP contribution in [0.3, 0.4) is 0 Å². The second-order valence-corrected chi connectivity index (χ2v) is 3.74. The lowest BCUT2D eigenvalue weighted by molar-refractivity contribution is -0.388. The lowest BCUT2D eigenvalue weighted by Crippen LogP contribution is -2.18. The van der Waals surface area contributed by atoms with Crippen molar-refractivity contribution in [1.29, 1.82) is 0 Å². The Morgan fingerprint density at radius 3 is 2.42 bits per heavy atom. The van der Waals surface area contributed by atoms with Crippen molar-refractivity contribution in [3.8, 4) is 0 Å². The van der Waals surface area contributed by atoms with Gasteiger partial charge in [-0.1, -0.05) is 12.1 Å². The van der Waals surface area contributed by atoms with Gasteiger partial charge < -0.3 is 4.74 Å². The van der Waals surface area contributed by atoms with E-state index in [0.29, 0.717) is 0 Å². The molecule has 0 saturated heterocycles. The van der Waals surface area contributed by atoms with Gasteiger partial charge in [0.1, 0.15) is 5.56 Å². The Hall–Kier alpha value is -2.12. The molecule has 0 aliphatic heterocycles. The minimum Gasteiger partial charge on any atom is -0.469 e. The normalized spacial score (nSPS) is 12.9.